The van der Waals surface area contributed by atoms with Gasteiger partial charge in [0.1, 0.15) is 6.61 Å². The number of carbonyl (C=O) groups excluding carboxylic acids is 1. The van der Waals surface area contributed by atoms with E-state index < -0.39 is 5.91 Å². The molecular weight excluding hydrogens is 214 g/mol. The number of primary amides is 1. The Kier molecular flexibility index (Phi) is 5.40. The number of hydrogen-bond acceptors (Lipinski definition) is 6. The minimum Gasteiger partial charge on any atom is -0.396 e. The molecule has 8 heteroatoms. The molecule has 0 radical (unpaired) electrons. The van der Waals surface area contributed by atoms with Crippen LogP contribution >= 0.6 is 0 Å². The number of nitrogens with one attached hydrogen (secondary N) is 1. The zero-order valence-electron chi connectivity index (χ0n) is 8.80. The number of hydrogen-bond donors (Lipinski definition) is 3. The third kappa shape index (κ3) is 4.82. The maximum absolute atomic E-state index is 10.3. The van der Waals surface area contributed by atoms with E-state index in [1.807, 2.05) is 0 Å². The average Bonchev–Trinajstić information content (AvgIpc) is 2.69. The summed E-state index contributed by atoms with van der Waals surface area (Å²) in [7, 11) is 0. The summed E-state index contributed by atoms with van der Waals surface area (Å²) in [5.41, 5.74) is 8.09. The highest BCUT2D eigenvalue weighted by atomic mass is 16.6. The predicted molar refractivity (Wildman–Crippen MR) is 53.7 cm³/mol. The Morgan fingerprint density at radius 2 is 2.50 bits per heavy atom. The van der Waals surface area contributed by atoms with Crippen molar-refractivity contribution in [1.29, 1.82) is 0 Å². The van der Waals surface area contributed by atoms with Crippen molar-refractivity contribution < 1.29 is 14.7 Å². The molecule has 0 saturated heterocycles. The third-order valence-electron chi connectivity index (χ3n) is 1.70. The lowest BCUT2D eigenvalue weighted by atomic mass is 10.4. The Hall–Kier alpha value is -1.51. The molecule has 16 heavy (non-hydrogen) atoms. The summed E-state index contributed by atoms with van der Waals surface area (Å²) in [6.45, 7) is 0.895. The first-order chi connectivity index (χ1) is 7.72. The van der Waals surface area contributed by atoms with Crippen LogP contribution in [-0.4, -0.2) is 39.2 Å². The molecule has 8 nitrogen and oxygen atoms in total. The van der Waals surface area contributed by atoms with E-state index in [0.29, 0.717) is 25.2 Å². The summed E-state index contributed by atoms with van der Waals surface area (Å²) >= 11 is 0. The van der Waals surface area contributed by atoms with Gasteiger partial charge in [-0.25, -0.2) is 0 Å². The van der Waals surface area contributed by atoms with Crippen molar-refractivity contribution >= 4 is 5.91 Å². The summed E-state index contributed by atoms with van der Waals surface area (Å²) in [5, 5.41) is 16.3. The zero-order valence-corrected chi connectivity index (χ0v) is 8.80. The van der Waals surface area contributed by atoms with Gasteiger partial charge < -0.3 is 10.8 Å². The van der Waals surface area contributed by atoms with E-state index in [4.69, 9.17) is 15.7 Å². The molecule has 0 aliphatic carbocycles. The number of nitrogens with two attached hydrogens (primary N) is 1. The lowest BCUT2D eigenvalue weighted by Crippen LogP contribution is -2.24. The molecule has 1 aromatic rings. The van der Waals surface area contributed by atoms with Crippen LogP contribution < -0.4 is 11.2 Å². The minimum atomic E-state index is -0.542. The van der Waals surface area contributed by atoms with Crippen LogP contribution in [0.2, 0.25) is 0 Å². The van der Waals surface area contributed by atoms with Gasteiger partial charge >= 0.3 is 0 Å². The van der Waals surface area contributed by atoms with Gasteiger partial charge in [-0.3, -0.25) is 14.3 Å². The molecule has 0 aromatic carbocycles. The first-order valence-corrected chi connectivity index (χ1v) is 4.85. The van der Waals surface area contributed by atoms with Gasteiger partial charge in [0.05, 0.1) is 12.2 Å². The molecular formula is C8H15N5O3. The molecule has 0 fully saturated rings. The van der Waals surface area contributed by atoms with Crippen LogP contribution in [0.25, 0.3) is 0 Å². The second kappa shape index (κ2) is 6.88. The Balaban J connectivity index is 2.21. The normalized spacial score (nSPS) is 10.6. The van der Waals surface area contributed by atoms with Gasteiger partial charge in [0.2, 0.25) is 5.91 Å². The highest BCUT2D eigenvalue weighted by molar-refractivity contribution is 5.74. The van der Waals surface area contributed by atoms with Crippen LogP contribution in [0.15, 0.2) is 6.20 Å². The number of hydroxylamine groups is 1. The van der Waals surface area contributed by atoms with Crippen molar-refractivity contribution in [1.82, 2.24) is 20.5 Å². The molecule has 90 valence electrons. The second-order valence-corrected chi connectivity index (χ2v) is 3.13. The maximum atomic E-state index is 10.3. The number of aliphatic hydroxyl groups is 1. The first kappa shape index (κ1) is 12.6. The molecule has 1 amide bonds. The number of rotatable bonds is 8. The van der Waals surface area contributed by atoms with Crippen LogP contribution in [0, 0.1) is 0 Å². The topological polar surface area (TPSA) is 115 Å². The van der Waals surface area contributed by atoms with E-state index in [2.05, 4.69) is 15.8 Å². The molecule has 0 aliphatic heterocycles. The molecule has 1 heterocycles. The van der Waals surface area contributed by atoms with E-state index in [1.54, 1.807) is 10.9 Å². The molecule has 0 bridgehead atoms. The van der Waals surface area contributed by atoms with Crippen molar-refractivity contribution in [3.8, 4) is 0 Å². The van der Waals surface area contributed by atoms with E-state index in [-0.39, 0.29) is 13.2 Å². The van der Waals surface area contributed by atoms with Gasteiger partial charge in [0.25, 0.3) is 0 Å². The highest BCUT2D eigenvalue weighted by Gasteiger charge is 2.00. The molecule has 1 rings (SSSR count). The fraction of sp³-hybridized carbons (Fsp3) is 0.625. The van der Waals surface area contributed by atoms with Crippen LogP contribution in [0.3, 0.4) is 0 Å². The monoisotopic (exact) mass is 229 g/mol. The van der Waals surface area contributed by atoms with Crippen LogP contribution in [0.4, 0.5) is 0 Å². The number of aromatic nitrogens is 3. The number of carbonyl (C=O) groups is 1. The van der Waals surface area contributed by atoms with E-state index in [1.165, 1.54) is 0 Å². The zero-order chi connectivity index (χ0) is 11.8. The summed E-state index contributed by atoms with van der Waals surface area (Å²) < 4.78 is 1.63. The van der Waals surface area contributed by atoms with Crippen molar-refractivity contribution in [2.45, 2.75) is 19.5 Å². The van der Waals surface area contributed by atoms with Gasteiger partial charge in [-0.2, -0.15) is 5.48 Å². The molecule has 4 N–H and O–H groups in total. The molecule has 0 spiro atoms. The lowest BCUT2D eigenvalue weighted by molar-refractivity contribution is -0.125. The number of amides is 1. The molecule has 0 aliphatic rings. The second-order valence-electron chi connectivity index (χ2n) is 3.13. The summed E-state index contributed by atoms with van der Waals surface area (Å²) in [6.07, 6.45) is 2.37. The largest absolute Gasteiger partial charge is 0.396 e. The number of nitrogens with zero attached hydrogens (tertiary/aromatic N) is 3. The van der Waals surface area contributed by atoms with Gasteiger partial charge in [0.15, 0.2) is 0 Å². The quantitative estimate of drug-likeness (QED) is 0.356. The first-order valence-electron chi connectivity index (χ1n) is 4.85. The minimum absolute atomic E-state index is 0.120. The lowest BCUT2D eigenvalue weighted by Gasteiger charge is -2.00. The third-order valence-corrected chi connectivity index (χ3v) is 1.70. The number of aryl methyl sites for hydroxylation is 1. The van der Waals surface area contributed by atoms with Gasteiger partial charge in [0, 0.05) is 19.3 Å². The van der Waals surface area contributed by atoms with Crippen molar-refractivity contribution in [3.63, 3.8) is 0 Å². The van der Waals surface area contributed by atoms with E-state index in [0.717, 1.165) is 0 Å². The highest BCUT2D eigenvalue weighted by Crippen LogP contribution is 1.94. The van der Waals surface area contributed by atoms with Gasteiger partial charge in [-0.1, -0.05) is 5.21 Å². The Bertz CT molecular complexity index is 327. The Morgan fingerprint density at radius 1 is 1.69 bits per heavy atom. The van der Waals surface area contributed by atoms with Crippen molar-refractivity contribution in [2.24, 2.45) is 5.73 Å². The molecule has 0 unspecified atom stereocenters. The molecule has 0 saturated carbocycles. The average molecular weight is 229 g/mol. The van der Waals surface area contributed by atoms with Crippen molar-refractivity contribution in [2.75, 3.05) is 13.2 Å². The van der Waals surface area contributed by atoms with Crippen molar-refractivity contribution in [3.05, 3.63) is 11.9 Å². The smallest absolute Gasteiger partial charge is 0.245 e. The Labute approximate surface area is 92.3 Å². The summed E-state index contributed by atoms with van der Waals surface area (Å²) in [5.74, 6) is -0.542. The van der Waals surface area contributed by atoms with Crippen LogP contribution in [0.5, 0.6) is 0 Å². The van der Waals surface area contributed by atoms with Crippen LogP contribution in [-0.2, 0) is 22.7 Å². The fourth-order valence-corrected chi connectivity index (χ4v) is 1.01. The van der Waals surface area contributed by atoms with Gasteiger partial charge in [-0.15, -0.1) is 5.10 Å². The SMILES string of the molecule is NC(=O)CONCc1cn(CCCO)nn1. The van der Waals surface area contributed by atoms with Gasteiger partial charge in [-0.05, 0) is 6.42 Å². The predicted octanol–water partition coefficient (Wildman–Crippen LogP) is -1.83. The number of aliphatic hydroxyl groups excluding tert-OH is 1. The maximum Gasteiger partial charge on any atom is 0.245 e. The standard InChI is InChI=1S/C8H15N5O3/c9-8(15)6-16-10-4-7-5-13(12-11-7)2-1-3-14/h5,10,14H,1-4,6H2,(H2,9,15). The molecule has 1 aromatic heterocycles. The summed E-state index contributed by atoms with van der Waals surface area (Å²) in [4.78, 5) is 15.1. The van der Waals surface area contributed by atoms with E-state index in [9.17, 15) is 4.79 Å². The Morgan fingerprint density at radius 3 is 3.19 bits per heavy atom. The summed E-state index contributed by atoms with van der Waals surface area (Å²) in [6, 6.07) is 0. The fourth-order valence-electron chi connectivity index (χ4n) is 1.01. The van der Waals surface area contributed by atoms with Crippen LogP contribution in [0.1, 0.15) is 12.1 Å². The molecule has 0 atom stereocenters. The van der Waals surface area contributed by atoms with E-state index >= 15 is 0 Å².